The van der Waals surface area contributed by atoms with E-state index in [1.165, 1.54) is 16.3 Å². The summed E-state index contributed by atoms with van der Waals surface area (Å²) in [5.41, 5.74) is 1.65. The van der Waals surface area contributed by atoms with E-state index in [-0.39, 0.29) is 9.69 Å². The van der Waals surface area contributed by atoms with Crippen molar-refractivity contribution in [2.45, 2.75) is 26.2 Å². The zero-order valence-corrected chi connectivity index (χ0v) is 14.2. The molecule has 0 unspecified atom stereocenters. The van der Waals surface area contributed by atoms with Crippen LogP contribution in [0, 0.1) is 60.2 Å². The van der Waals surface area contributed by atoms with Crippen LogP contribution in [0.25, 0.3) is 10.8 Å². The van der Waals surface area contributed by atoms with Gasteiger partial charge in [0.2, 0.25) is 0 Å². The lowest BCUT2D eigenvalue weighted by Crippen LogP contribution is -2.11. The largest absolute Gasteiger partial charge is 0.106 e. The van der Waals surface area contributed by atoms with Gasteiger partial charge in [-0.1, -0.05) is 63.2 Å². The van der Waals surface area contributed by atoms with E-state index in [9.17, 15) is 0 Å². The first-order valence-corrected chi connectivity index (χ1v) is 7.40. The molecule has 0 aliphatic carbocycles. The van der Waals surface area contributed by atoms with Crippen molar-refractivity contribution in [2.75, 3.05) is 0 Å². The number of fused-ring (bicyclic) bond motifs is 1. The monoisotopic (exact) mass is 312 g/mol. The summed E-state index contributed by atoms with van der Waals surface area (Å²) in [7, 11) is 0. The van der Waals surface area contributed by atoms with E-state index in [0.29, 0.717) is 0 Å². The minimum atomic E-state index is 0. The first-order chi connectivity index (χ1) is 11.5. The molecule has 0 radical (unpaired) electrons. The Morgan fingerprint density at radius 3 is 1.75 bits per heavy atom. The summed E-state index contributed by atoms with van der Waals surface area (Å²) in [6, 6.07) is 15.1. The molecule has 0 aliphatic heterocycles. The summed E-state index contributed by atoms with van der Waals surface area (Å²) < 4.78 is 0. The zero-order chi connectivity index (χ0) is 17.8. The Morgan fingerprint density at radius 2 is 1.21 bits per heavy atom. The Bertz CT molecular complexity index is 936. The zero-order valence-electron chi connectivity index (χ0n) is 14.2. The van der Waals surface area contributed by atoms with Crippen LogP contribution < -0.4 is 0 Å². The molecule has 2 aromatic carbocycles. The lowest BCUT2D eigenvalue weighted by molar-refractivity contribution is 0.596. The minimum absolute atomic E-state index is 0. The van der Waals surface area contributed by atoms with Crippen molar-refractivity contribution < 1.29 is 4.28 Å². The lowest BCUT2D eigenvalue weighted by Gasteiger charge is -2.21. The maximum atomic E-state index is 4.81. The normalized spacial score (nSPS) is 8.38. The van der Waals surface area contributed by atoms with Crippen molar-refractivity contribution in [1.29, 1.82) is 0 Å². The average molecular weight is 312 g/mol. The first-order valence-electron chi connectivity index (χ1n) is 7.40. The Kier molecular flexibility index (Phi) is 7.34. The number of benzene rings is 2. The Balaban J connectivity index is -0.000000404. The average Bonchev–Trinajstić information content (AvgIpc) is 2.57. The van der Waals surface area contributed by atoms with Gasteiger partial charge in [0.05, 0.1) is 0 Å². The lowest BCUT2D eigenvalue weighted by atomic mass is 9.84. The van der Waals surface area contributed by atoms with Gasteiger partial charge in [-0.15, -0.1) is 12.8 Å². The van der Waals surface area contributed by atoms with Crippen LogP contribution in [0.1, 0.15) is 30.6 Å². The highest BCUT2D eigenvalue weighted by Gasteiger charge is 2.15. The molecule has 0 N–H and O–H groups in total. The quantitative estimate of drug-likeness (QED) is 0.591. The molecule has 24 heavy (non-hydrogen) atoms. The number of hydrogen-bond acceptors (Lipinski definition) is 0. The third-order valence-corrected chi connectivity index (χ3v) is 3.05. The van der Waals surface area contributed by atoms with Crippen LogP contribution in [0.15, 0.2) is 42.5 Å². The molecule has 0 heteroatoms. The van der Waals surface area contributed by atoms with E-state index < -0.39 is 0 Å². The first kappa shape index (κ1) is 18.5. The highest BCUT2D eigenvalue weighted by Crippen LogP contribution is 2.29. The van der Waals surface area contributed by atoms with Gasteiger partial charge >= 0.3 is 0 Å². The maximum Gasteiger partial charge on any atom is 0 e. The van der Waals surface area contributed by atoms with Crippen molar-refractivity contribution in [3.63, 3.8) is 0 Å². The molecule has 0 aliphatic rings. The second kappa shape index (κ2) is 9.50. The molecule has 0 aromatic heterocycles. The van der Waals surface area contributed by atoms with Crippen LogP contribution in [0.3, 0.4) is 0 Å². The fourth-order valence-electron chi connectivity index (χ4n) is 2.08. The van der Waals surface area contributed by atoms with Gasteiger partial charge in [0.1, 0.15) is 0 Å². The second-order valence-corrected chi connectivity index (χ2v) is 5.82. The molecule has 2 rings (SSSR count). The summed E-state index contributed by atoms with van der Waals surface area (Å²) >= 11 is 0. The summed E-state index contributed by atoms with van der Waals surface area (Å²) in [5.74, 6) is 18.4. The molecular weight excluding hydrogens is 288 g/mol. The molecular formula is C24H24. The third kappa shape index (κ3) is 6.09. The molecule has 0 bridgehead atoms. The molecule has 0 heterocycles. The van der Waals surface area contributed by atoms with Crippen LogP contribution in [-0.4, -0.2) is 0 Å². The van der Waals surface area contributed by atoms with Gasteiger partial charge in [-0.3, -0.25) is 0 Å². The van der Waals surface area contributed by atoms with Crippen molar-refractivity contribution in [1.82, 2.24) is 0 Å². The van der Waals surface area contributed by atoms with Gasteiger partial charge in [-0.2, -0.15) is 0 Å². The summed E-state index contributed by atoms with van der Waals surface area (Å²) in [5, 5.41) is 2.71. The van der Waals surface area contributed by atoms with E-state index in [4.69, 9.17) is 12.8 Å². The maximum absolute atomic E-state index is 4.81. The molecule has 0 saturated heterocycles. The highest BCUT2D eigenvalue weighted by molar-refractivity contribution is 5.86. The summed E-state index contributed by atoms with van der Waals surface area (Å²) in [6.45, 7) is 6.78. The number of hydrogen-bond donors (Lipinski definition) is 0. The molecule has 0 atom stereocenters. The minimum Gasteiger partial charge on any atom is -0.106 e. The molecule has 0 saturated carbocycles. The van der Waals surface area contributed by atoms with Gasteiger partial charge in [0.15, 0.2) is 0 Å². The van der Waals surface area contributed by atoms with E-state index in [1.807, 2.05) is 0 Å². The molecule has 0 amide bonds. The Morgan fingerprint density at radius 1 is 0.708 bits per heavy atom. The van der Waals surface area contributed by atoms with Crippen molar-refractivity contribution in [3.05, 3.63) is 48.0 Å². The van der Waals surface area contributed by atoms with Gasteiger partial charge in [-0.05, 0) is 69.1 Å². The smallest absolute Gasteiger partial charge is 0 e. The fraction of sp³-hybridized carbons (Fsp3) is 0.167. The Labute approximate surface area is 150 Å². The number of rotatable bonds is 0. The standard InChI is InChI=1S/C14H16.C10H2.3H2/c1-14(2,3)13-10-6-8-11-7-4-5-9-12(11)13;1-3-5-7-9-10-8-6-4-2;;;/h4-10H,1-3H3;1-2H;3*1H. The Hall–Kier alpha value is -3.50. The van der Waals surface area contributed by atoms with Crippen molar-refractivity contribution in [2.24, 2.45) is 0 Å². The van der Waals surface area contributed by atoms with Gasteiger partial charge < -0.3 is 0 Å². The van der Waals surface area contributed by atoms with E-state index in [0.717, 1.165) is 0 Å². The summed E-state index contributed by atoms with van der Waals surface area (Å²) in [4.78, 5) is 0. The van der Waals surface area contributed by atoms with Crippen LogP contribution in [0.4, 0.5) is 0 Å². The summed E-state index contributed by atoms with van der Waals surface area (Å²) in [6.07, 6.45) is 9.62. The van der Waals surface area contributed by atoms with Crippen molar-refractivity contribution in [3.8, 4) is 60.2 Å². The predicted octanol–water partition coefficient (Wildman–Crippen LogP) is 5.14. The van der Waals surface area contributed by atoms with E-state index in [1.54, 1.807) is 0 Å². The third-order valence-electron chi connectivity index (χ3n) is 3.05. The van der Waals surface area contributed by atoms with Crippen LogP contribution >= 0.6 is 0 Å². The molecule has 2 aromatic rings. The predicted molar refractivity (Wildman–Crippen MR) is 110 cm³/mol. The van der Waals surface area contributed by atoms with E-state index >= 15 is 0 Å². The fourth-order valence-corrected chi connectivity index (χ4v) is 2.08. The highest BCUT2D eigenvalue weighted by atomic mass is 14.2. The van der Waals surface area contributed by atoms with E-state index in [2.05, 4.69) is 111 Å². The second-order valence-electron chi connectivity index (χ2n) is 5.82. The van der Waals surface area contributed by atoms with Gasteiger partial charge in [0.25, 0.3) is 0 Å². The van der Waals surface area contributed by atoms with Crippen LogP contribution in [-0.2, 0) is 5.41 Å². The molecule has 0 nitrogen and oxygen atoms in total. The molecule has 0 spiro atoms. The van der Waals surface area contributed by atoms with Crippen LogP contribution in [0.2, 0.25) is 0 Å². The SMILES string of the molecule is C#CC#CC#CC#CC#C.CC(C)(C)c1cccc2ccccc12.[HH].[HH].[HH]. The molecule has 0 fully saturated rings. The topological polar surface area (TPSA) is 0 Å². The van der Waals surface area contributed by atoms with Crippen molar-refractivity contribution >= 4 is 10.8 Å². The number of terminal acetylenes is 2. The van der Waals surface area contributed by atoms with Crippen LogP contribution in [0.5, 0.6) is 0 Å². The van der Waals surface area contributed by atoms with Gasteiger partial charge in [-0.25, -0.2) is 0 Å². The molecule has 120 valence electrons. The van der Waals surface area contributed by atoms with Gasteiger partial charge in [0, 0.05) is 4.28 Å².